The zero-order valence-corrected chi connectivity index (χ0v) is 22.3. The molecule has 0 saturated heterocycles. The summed E-state index contributed by atoms with van der Waals surface area (Å²) in [4.78, 5) is 8.87. The number of hydrogen-bond donors (Lipinski definition) is 1. The smallest absolute Gasteiger partial charge is 0.220 e. The van der Waals surface area contributed by atoms with Gasteiger partial charge in [0.1, 0.15) is 12.7 Å². The van der Waals surface area contributed by atoms with Crippen LogP contribution in [-0.2, 0) is 5.41 Å². The number of rotatable bonds is 7. The van der Waals surface area contributed by atoms with Crippen molar-refractivity contribution in [1.29, 1.82) is 5.26 Å². The van der Waals surface area contributed by atoms with Crippen molar-refractivity contribution in [3.63, 3.8) is 0 Å². The fourth-order valence-corrected chi connectivity index (χ4v) is 4.71. The second-order valence-corrected chi connectivity index (χ2v) is 10.3. The molecule has 0 bridgehead atoms. The molecule has 5 nitrogen and oxygen atoms in total. The number of halogens is 2. The molecule has 0 radical (unpaired) electrons. The highest BCUT2D eigenvalue weighted by Gasteiger charge is 2.26. The first kappa shape index (κ1) is 25.8. The Labute approximate surface area is 221 Å². The predicted octanol–water partition coefficient (Wildman–Crippen LogP) is 7.47. The number of fused-ring (bicyclic) bond motifs is 1. The van der Waals surface area contributed by atoms with E-state index < -0.39 is 5.41 Å². The molecule has 1 heterocycles. The fourth-order valence-electron chi connectivity index (χ4n) is 4.36. The maximum Gasteiger partial charge on any atom is 0.220 e. The van der Waals surface area contributed by atoms with E-state index in [1.54, 1.807) is 0 Å². The number of benzene rings is 3. The van der Waals surface area contributed by atoms with Crippen molar-refractivity contribution in [2.24, 2.45) is 0 Å². The minimum Gasteiger partial charge on any atom is -0.489 e. The monoisotopic (exact) mass is 518 g/mol. The highest BCUT2D eigenvalue weighted by molar-refractivity contribution is 6.32. The van der Waals surface area contributed by atoms with E-state index >= 15 is 0 Å². The topological polar surface area (TPSA) is 84.8 Å². The van der Waals surface area contributed by atoms with Gasteiger partial charge < -0.3 is 10.5 Å². The van der Waals surface area contributed by atoms with Crippen LogP contribution in [0.5, 0.6) is 5.75 Å². The number of aromatic nitrogens is 2. The number of nitriles is 1. The second kappa shape index (κ2) is 10.3. The van der Waals surface area contributed by atoms with Gasteiger partial charge in [-0.25, -0.2) is 9.97 Å². The van der Waals surface area contributed by atoms with Crippen LogP contribution < -0.4 is 10.5 Å². The van der Waals surface area contributed by atoms with Crippen molar-refractivity contribution in [2.75, 3.05) is 18.2 Å². The van der Waals surface area contributed by atoms with E-state index in [1.165, 1.54) is 0 Å². The number of anilines is 1. The Morgan fingerprint density at radius 2 is 1.69 bits per heavy atom. The van der Waals surface area contributed by atoms with Crippen molar-refractivity contribution in [1.82, 2.24) is 9.97 Å². The lowest BCUT2D eigenvalue weighted by atomic mass is 9.77. The van der Waals surface area contributed by atoms with E-state index in [-0.39, 0.29) is 12.5 Å². The second-order valence-electron chi connectivity index (χ2n) is 9.54. The summed E-state index contributed by atoms with van der Waals surface area (Å²) in [5.41, 5.74) is 11.9. The third kappa shape index (κ3) is 4.97. The molecule has 3 aromatic carbocycles. The quantitative estimate of drug-likeness (QED) is 0.256. The van der Waals surface area contributed by atoms with Crippen LogP contribution in [0.15, 0.2) is 54.6 Å². The highest BCUT2D eigenvalue weighted by Crippen LogP contribution is 2.39. The molecule has 0 fully saturated rings. The Bertz CT molecular complexity index is 1460. The largest absolute Gasteiger partial charge is 0.489 e. The average molecular weight is 519 g/mol. The summed E-state index contributed by atoms with van der Waals surface area (Å²) in [5, 5.41) is 11.1. The van der Waals surface area contributed by atoms with Crippen LogP contribution >= 0.6 is 23.2 Å². The Hall–Kier alpha value is -3.33. The van der Waals surface area contributed by atoms with Crippen LogP contribution in [0.3, 0.4) is 0 Å². The van der Waals surface area contributed by atoms with E-state index in [2.05, 4.69) is 80.1 Å². The summed E-state index contributed by atoms with van der Waals surface area (Å²) in [5.74, 6) is 1.21. The van der Waals surface area contributed by atoms with Crippen molar-refractivity contribution < 1.29 is 4.74 Å². The van der Waals surface area contributed by atoms with Crippen LogP contribution in [0.4, 0.5) is 5.95 Å². The molecule has 4 rings (SSSR count). The molecule has 1 aromatic heterocycles. The molecule has 0 spiro atoms. The molecule has 7 heteroatoms. The van der Waals surface area contributed by atoms with Gasteiger partial charge in [-0.2, -0.15) is 5.26 Å². The number of ether oxygens (including phenoxy) is 1. The van der Waals surface area contributed by atoms with E-state index in [4.69, 9.17) is 33.7 Å². The van der Waals surface area contributed by atoms with Gasteiger partial charge in [0, 0.05) is 10.8 Å². The molecular formula is C29H28Cl2N4O. The maximum atomic E-state index is 9.67. The van der Waals surface area contributed by atoms with E-state index in [0.717, 1.165) is 38.9 Å². The molecule has 4 aromatic rings. The van der Waals surface area contributed by atoms with Gasteiger partial charge in [-0.1, -0.05) is 69.6 Å². The summed E-state index contributed by atoms with van der Waals surface area (Å²) in [6.07, 6.45) is 0. The van der Waals surface area contributed by atoms with Gasteiger partial charge >= 0.3 is 0 Å². The number of nitrogen functional groups attached to an aromatic ring is 1. The van der Waals surface area contributed by atoms with Crippen molar-refractivity contribution in [3.05, 3.63) is 82.0 Å². The van der Waals surface area contributed by atoms with Crippen LogP contribution in [0.25, 0.3) is 22.0 Å². The normalized spacial score (nSPS) is 11.6. The predicted molar refractivity (Wildman–Crippen MR) is 148 cm³/mol. The molecule has 0 aliphatic carbocycles. The Morgan fingerprint density at radius 1 is 1.00 bits per heavy atom. The van der Waals surface area contributed by atoms with Crippen LogP contribution in [0, 0.1) is 11.3 Å². The zero-order valence-electron chi connectivity index (χ0n) is 20.8. The highest BCUT2D eigenvalue weighted by atomic mass is 35.5. The molecule has 2 N–H and O–H groups in total. The Kier molecular flexibility index (Phi) is 7.40. The van der Waals surface area contributed by atoms with Crippen LogP contribution in [0.1, 0.15) is 56.0 Å². The van der Waals surface area contributed by atoms with Gasteiger partial charge in [0.2, 0.25) is 5.95 Å². The first-order valence-corrected chi connectivity index (χ1v) is 12.7. The lowest BCUT2D eigenvalue weighted by Gasteiger charge is -2.27. The number of hydrogen-bond acceptors (Lipinski definition) is 5. The summed E-state index contributed by atoms with van der Waals surface area (Å²) in [6.45, 7) is 8.71. The minimum absolute atomic E-state index is 0.230. The Balaban J connectivity index is 1.70. The van der Waals surface area contributed by atoms with E-state index in [9.17, 15) is 5.26 Å². The van der Waals surface area contributed by atoms with E-state index in [1.807, 2.05) is 18.2 Å². The van der Waals surface area contributed by atoms with Crippen molar-refractivity contribution >= 4 is 40.1 Å². The van der Waals surface area contributed by atoms with Gasteiger partial charge in [-0.15, -0.1) is 11.6 Å². The molecule has 0 saturated carbocycles. The zero-order chi connectivity index (χ0) is 26.0. The lowest BCUT2D eigenvalue weighted by molar-refractivity contribution is 0.341. The first-order valence-electron chi connectivity index (χ1n) is 11.8. The first-order chi connectivity index (χ1) is 17.1. The lowest BCUT2D eigenvalue weighted by Crippen LogP contribution is -2.19. The maximum absolute atomic E-state index is 9.67. The van der Waals surface area contributed by atoms with Gasteiger partial charge in [-0.3, -0.25) is 0 Å². The van der Waals surface area contributed by atoms with Crippen LogP contribution in [0.2, 0.25) is 5.02 Å². The molecule has 0 unspecified atom stereocenters. The van der Waals surface area contributed by atoms with Crippen LogP contribution in [-0.4, -0.2) is 22.5 Å². The standard InChI is InChI=1S/C29H28Cl2N4O/c1-17(2)26-23-14-19(7-10-25(23)34-28(33)35-26)18-5-8-21(9-6-18)29(3,4)22-13-20(16-32)27(24(31)15-22)36-12-11-30/h5-10,13-15,17H,11-12H2,1-4H3,(H2,33,34,35). The van der Waals surface area contributed by atoms with Crippen molar-refractivity contribution in [3.8, 4) is 22.9 Å². The SMILES string of the molecule is CC(C)c1nc(N)nc2ccc(-c3ccc(C(C)(C)c4cc(Cl)c(OCCCl)c(C#N)c4)cc3)cc12. The molecule has 0 aliphatic rings. The molecule has 0 amide bonds. The van der Waals surface area contributed by atoms with Gasteiger partial charge in [0.05, 0.1) is 27.7 Å². The molecule has 36 heavy (non-hydrogen) atoms. The summed E-state index contributed by atoms with van der Waals surface area (Å²) >= 11 is 12.2. The fraction of sp³-hybridized carbons (Fsp3) is 0.276. The third-order valence-electron chi connectivity index (χ3n) is 6.44. The minimum atomic E-state index is -0.391. The van der Waals surface area contributed by atoms with Crippen molar-refractivity contribution in [2.45, 2.75) is 39.0 Å². The van der Waals surface area contributed by atoms with E-state index in [0.29, 0.717) is 28.2 Å². The molecule has 0 atom stereocenters. The molecule has 0 aliphatic heterocycles. The summed E-state index contributed by atoms with van der Waals surface area (Å²) in [7, 11) is 0. The summed E-state index contributed by atoms with van der Waals surface area (Å²) < 4.78 is 5.60. The molecular weight excluding hydrogens is 491 g/mol. The Morgan fingerprint density at radius 3 is 2.33 bits per heavy atom. The number of nitrogens with zero attached hydrogens (tertiary/aromatic N) is 3. The van der Waals surface area contributed by atoms with Gasteiger partial charge in [0.15, 0.2) is 5.75 Å². The number of nitrogens with two attached hydrogens (primary N) is 1. The number of alkyl halides is 1. The third-order valence-corrected chi connectivity index (χ3v) is 6.87. The summed E-state index contributed by atoms with van der Waals surface area (Å²) in [6, 6.07) is 20.5. The van der Waals surface area contributed by atoms with Gasteiger partial charge in [0.25, 0.3) is 0 Å². The average Bonchev–Trinajstić information content (AvgIpc) is 2.86. The van der Waals surface area contributed by atoms with Gasteiger partial charge in [-0.05, 0) is 52.4 Å². The molecule has 184 valence electrons.